The average Bonchev–Trinajstić information content (AvgIpc) is 2.91. The summed E-state index contributed by atoms with van der Waals surface area (Å²) in [5.41, 5.74) is 1.65. The van der Waals surface area contributed by atoms with Crippen LogP contribution in [0.4, 0.5) is 0 Å². The molecular weight excluding hydrogens is 527 g/mol. The number of ether oxygens (including phenoxy) is 3. The van der Waals surface area contributed by atoms with Crippen molar-refractivity contribution < 1.29 is 23.8 Å². The van der Waals surface area contributed by atoms with Gasteiger partial charge < -0.3 is 24.4 Å². The molecule has 0 heterocycles. The molecule has 9 heteroatoms. The van der Waals surface area contributed by atoms with Gasteiger partial charge in [0.1, 0.15) is 23.3 Å². The molecule has 0 bridgehead atoms. The highest BCUT2D eigenvalue weighted by atomic mass is 35.5. The molecule has 0 aliphatic heterocycles. The maximum atomic E-state index is 13.7. The minimum atomic E-state index is -0.801. The standard InChI is InChI=1S/C29H32Cl2N2O5/c1-19(2)32-29(35)27(13-20-8-6-5-7-9-20)33(17-21-10-11-25(30)26(31)12-21)28(34)18-38-24-15-22(36-3)14-23(16-24)37-4/h5-12,14-16,19,27H,13,17-18H2,1-4H3,(H,32,35)/t27-/m1/s1. The SMILES string of the molecule is COc1cc(OC)cc(OCC(=O)N(Cc2ccc(Cl)c(Cl)c2)[C@H](Cc2ccccc2)C(=O)NC(C)C)c1. The molecule has 3 aromatic rings. The van der Waals surface area contributed by atoms with Crippen molar-refractivity contribution >= 4 is 35.0 Å². The number of methoxy groups -OCH3 is 2. The van der Waals surface area contributed by atoms with E-state index in [4.69, 9.17) is 37.4 Å². The summed E-state index contributed by atoms with van der Waals surface area (Å²) in [5.74, 6) is 0.809. The van der Waals surface area contributed by atoms with Crippen LogP contribution in [-0.2, 0) is 22.6 Å². The first-order valence-electron chi connectivity index (χ1n) is 12.1. The van der Waals surface area contributed by atoms with Crippen LogP contribution in [0, 0.1) is 0 Å². The third-order valence-electron chi connectivity index (χ3n) is 5.73. The van der Waals surface area contributed by atoms with E-state index in [-0.39, 0.29) is 31.0 Å². The summed E-state index contributed by atoms with van der Waals surface area (Å²) in [6, 6.07) is 18.8. The first kappa shape index (κ1) is 29.1. The molecular formula is C29H32Cl2N2O5. The molecule has 0 unspecified atom stereocenters. The molecule has 0 spiro atoms. The molecule has 3 aromatic carbocycles. The summed E-state index contributed by atoms with van der Waals surface area (Å²) >= 11 is 12.4. The van der Waals surface area contributed by atoms with Crippen LogP contribution in [0.25, 0.3) is 0 Å². The highest BCUT2D eigenvalue weighted by molar-refractivity contribution is 6.42. The lowest BCUT2D eigenvalue weighted by Gasteiger charge is -2.32. The predicted molar refractivity (Wildman–Crippen MR) is 149 cm³/mol. The molecule has 3 rings (SSSR count). The summed E-state index contributed by atoms with van der Waals surface area (Å²) in [6.07, 6.45) is 0.319. The predicted octanol–water partition coefficient (Wildman–Crippen LogP) is 5.55. The lowest BCUT2D eigenvalue weighted by atomic mass is 10.0. The van der Waals surface area contributed by atoms with E-state index in [0.29, 0.717) is 33.7 Å². The minimum absolute atomic E-state index is 0.108. The molecule has 0 aliphatic rings. The molecule has 0 aliphatic carbocycles. The number of carbonyl (C=O) groups is 2. The highest BCUT2D eigenvalue weighted by Crippen LogP contribution is 2.28. The molecule has 1 atom stereocenters. The molecule has 7 nitrogen and oxygen atoms in total. The third-order valence-corrected chi connectivity index (χ3v) is 6.47. The summed E-state index contributed by atoms with van der Waals surface area (Å²) in [5, 5.41) is 3.72. The zero-order valence-corrected chi connectivity index (χ0v) is 23.4. The monoisotopic (exact) mass is 558 g/mol. The zero-order valence-electron chi connectivity index (χ0n) is 21.9. The van der Waals surface area contributed by atoms with Gasteiger partial charge in [0.2, 0.25) is 5.91 Å². The van der Waals surface area contributed by atoms with Gasteiger partial charge >= 0.3 is 0 Å². The first-order chi connectivity index (χ1) is 18.2. The second-order valence-electron chi connectivity index (χ2n) is 8.98. The number of nitrogens with one attached hydrogen (secondary N) is 1. The Balaban J connectivity index is 1.94. The van der Waals surface area contributed by atoms with Gasteiger partial charge in [-0.25, -0.2) is 0 Å². The van der Waals surface area contributed by atoms with E-state index in [9.17, 15) is 9.59 Å². The number of amides is 2. The van der Waals surface area contributed by atoms with Gasteiger partial charge in [-0.05, 0) is 37.1 Å². The van der Waals surface area contributed by atoms with E-state index in [1.807, 2.05) is 44.2 Å². The van der Waals surface area contributed by atoms with Crippen LogP contribution in [0.1, 0.15) is 25.0 Å². The molecule has 0 aromatic heterocycles. The van der Waals surface area contributed by atoms with Gasteiger partial charge in [-0.3, -0.25) is 9.59 Å². The van der Waals surface area contributed by atoms with Crippen LogP contribution in [0.15, 0.2) is 66.7 Å². The summed E-state index contributed by atoms with van der Waals surface area (Å²) < 4.78 is 16.4. The summed E-state index contributed by atoms with van der Waals surface area (Å²) in [7, 11) is 3.06. The van der Waals surface area contributed by atoms with Gasteiger partial charge in [-0.1, -0.05) is 59.6 Å². The Morgan fingerprint density at radius 2 is 1.47 bits per heavy atom. The van der Waals surface area contributed by atoms with Gasteiger partial charge in [0.05, 0.1) is 24.3 Å². The second-order valence-corrected chi connectivity index (χ2v) is 9.79. The van der Waals surface area contributed by atoms with E-state index in [1.165, 1.54) is 19.1 Å². The summed E-state index contributed by atoms with van der Waals surface area (Å²) in [4.78, 5) is 28.6. The first-order valence-corrected chi connectivity index (χ1v) is 12.9. The Morgan fingerprint density at radius 3 is 2.05 bits per heavy atom. The second kappa shape index (κ2) is 13.9. The van der Waals surface area contributed by atoms with Crippen molar-refractivity contribution in [2.45, 2.75) is 38.9 Å². The van der Waals surface area contributed by atoms with E-state index >= 15 is 0 Å². The molecule has 202 valence electrons. The maximum absolute atomic E-state index is 13.7. The Labute approximate surface area is 233 Å². The van der Waals surface area contributed by atoms with Crippen molar-refractivity contribution in [3.05, 3.63) is 87.9 Å². The van der Waals surface area contributed by atoms with Crippen LogP contribution in [0.3, 0.4) is 0 Å². The van der Waals surface area contributed by atoms with E-state index in [0.717, 1.165) is 11.1 Å². The molecule has 1 N–H and O–H groups in total. The van der Waals surface area contributed by atoms with Gasteiger partial charge in [0.25, 0.3) is 5.91 Å². The molecule has 0 fully saturated rings. The molecule has 0 radical (unpaired) electrons. The number of hydrogen-bond donors (Lipinski definition) is 1. The van der Waals surface area contributed by atoms with Crippen molar-refractivity contribution in [1.29, 1.82) is 0 Å². The largest absolute Gasteiger partial charge is 0.496 e. The lowest BCUT2D eigenvalue weighted by Crippen LogP contribution is -2.52. The lowest BCUT2D eigenvalue weighted by molar-refractivity contribution is -0.143. The van der Waals surface area contributed by atoms with Crippen molar-refractivity contribution in [3.8, 4) is 17.2 Å². The van der Waals surface area contributed by atoms with Gasteiger partial charge in [0.15, 0.2) is 6.61 Å². The fourth-order valence-corrected chi connectivity index (χ4v) is 4.18. The van der Waals surface area contributed by atoms with E-state index < -0.39 is 6.04 Å². The Hall–Kier alpha value is -3.42. The smallest absolute Gasteiger partial charge is 0.261 e. The van der Waals surface area contributed by atoms with Crippen molar-refractivity contribution in [2.24, 2.45) is 0 Å². The number of nitrogens with zero attached hydrogens (tertiary/aromatic N) is 1. The Kier molecular flexibility index (Phi) is 10.7. The third kappa shape index (κ3) is 8.30. The molecule has 0 saturated heterocycles. The average molecular weight is 559 g/mol. The number of halogens is 2. The van der Waals surface area contributed by atoms with Crippen molar-refractivity contribution in [2.75, 3.05) is 20.8 Å². The number of rotatable bonds is 12. The number of hydrogen-bond acceptors (Lipinski definition) is 5. The maximum Gasteiger partial charge on any atom is 0.261 e. The fourth-order valence-electron chi connectivity index (χ4n) is 3.86. The van der Waals surface area contributed by atoms with E-state index in [2.05, 4.69) is 5.32 Å². The van der Waals surface area contributed by atoms with E-state index in [1.54, 1.807) is 36.4 Å². The minimum Gasteiger partial charge on any atom is -0.496 e. The van der Waals surface area contributed by atoms with Crippen LogP contribution in [-0.4, -0.2) is 49.6 Å². The van der Waals surface area contributed by atoms with Gasteiger partial charge in [-0.2, -0.15) is 0 Å². The van der Waals surface area contributed by atoms with Gasteiger partial charge in [-0.15, -0.1) is 0 Å². The van der Waals surface area contributed by atoms with Crippen LogP contribution < -0.4 is 19.5 Å². The van der Waals surface area contributed by atoms with Gasteiger partial charge in [0, 0.05) is 37.2 Å². The van der Waals surface area contributed by atoms with Crippen molar-refractivity contribution in [1.82, 2.24) is 10.2 Å². The topological polar surface area (TPSA) is 77.1 Å². The fraction of sp³-hybridized carbons (Fsp3) is 0.310. The summed E-state index contributed by atoms with van der Waals surface area (Å²) in [6.45, 7) is 3.57. The molecule has 38 heavy (non-hydrogen) atoms. The normalized spacial score (nSPS) is 11.6. The number of carbonyl (C=O) groups excluding carboxylic acids is 2. The quantitative estimate of drug-likeness (QED) is 0.315. The Bertz CT molecular complexity index is 1210. The zero-order chi connectivity index (χ0) is 27.7. The highest BCUT2D eigenvalue weighted by Gasteiger charge is 2.31. The number of benzene rings is 3. The Morgan fingerprint density at radius 1 is 0.842 bits per heavy atom. The van der Waals surface area contributed by atoms with Crippen molar-refractivity contribution in [3.63, 3.8) is 0 Å². The molecule has 2 amide bonds. The van der Waals surface area contributed by atoms with Crippen LogP contribution in [0.2, 0.25) is 10.0 Å². The van der Waals surface area contributed by atoms with Crippen LogP contribution >= 0.6 is 23.2 Å². The molecule has 0 saturated carbocycles. The van der Waals surface area contributed by atoms with Crippen LogP contribution in [0.5, 0.6) is 17.2 Å².